The topological polar surface area (TPSA) is 95.1 Å². The molecule has 0 aliphatic rings. The van der Waals surface area contributed by atoms with E-state index in [0.717, 1.165) is 38.5 Å². The summed E-state index contributed by atoms with van der Waals surface area (Å²) in [4.78, 5) is 25.9. The zero-order valence-corrected chi connectivity index (χ0v) is 51.2. The van der Waals surface area contributed by atoms with Gasteiger partial charge in [-0.3, -0.25) is 4.79 Å². The molecule has 0 bridgehead atoms. The SMILES string of the molecule is CCCCCCCCCCCCC#CC#CCCCOc1cc(C(=O)NCCNC(=O)OC(C)(C)C)cc(OCCCC#CC#CCCCCCCCCCCCC)c1OCCCC#CC#CCCCCCCCCCCCC. The predicted octanol–water partition coefficient (Wildman–Crippen LogP) is 18.4. The molecule has 1 aromatic rings. The van der Waals surface area contributed by atoms with Crippen molar-refractivity contribution < 1.29 is 28.5 Å². The fourth-order valence-corrected chi connectivity index (χ4v) is 8.58. The van der Waals surface area contributed by atoms with Gasteiger partial charge in [0.1, 0.15) is 5.60 Å². The number of carbonyl (C=O) groups excluding carboxylic acids is 2. The second-order valence-electron chi connectivity index (χ2n) is 21.9. The largest absolute Gasteiger partial charge is 0.489 e. The highest BCUT2D eigenvalue weighted by Crippen LogP contribution is 2.39. The van der Waals surface area contributed by atoms with E-state index in [4.69, 9.17) is 18.9 Å². The van der Waals surface area contributed by atoms with Crippen molar-refractivity contribution in [3.63, 3.8) is 0 Å². The Kier molecular flexibility index (Phi) is 49.6. The minimum absolute atomic E-state index is 0.190. The molecule has 0 spiro atoms. The van der Waals surface area contributed by atoms with Gasteiger partial charge in [-0.2, -0.15) is 0 Å². The molecule has 2 N–H and O–H groups in total. The molecule has 79 heavy (non-hydrogen) atoms. The third-order valence-electron chi connectivity index (χ3n) is 13.1. The first-order chi connectivity index (χ1) is 38.7. The first kappa shape index (κ1) is 71.7. The zero-order chi connectivity index (χ0) is 57.2. The summed E-state index contributed by atoms with van der Waals surface area (Å²) in [6, 6.07) is 3.38. The van der Waals surface area contributed by atoms with E-state index >= 15 is 0 Å². The maximum Gasteiger partial charge on any atom is 0.407 e. The summed E-state index contributed by atoms with van der Waals surface area (Å²) in [5.41, 5.74) is -0.288. The second-order valence-corrected chi connectivity index (χ2v) is 21.9. The van der Waals surface area contributed by atoms with Crippen LogP contribution in [-0.2, 0) is 4.74 Å². The van der Waals surface area contributed by atoms with Gasteiger partial charge in [0.05, 0.1) is 19.8 Å². The summed E-state index contributed by atoms with van der Waals surface area (Å²) in [6.45, 7) is 13.6. The molecule has 0 aromatic heterocycles. The van der Waals surface area contributed by atoms with Crippen LogP contribution in [0, 0.1) is 71.0 Å². The van der Waals surface area contributed by atoms with Crippen LogP contribution in [-0.4, -0.2) is 50.5 Å². The molecule has 0 aliphatic heterocycles. The Labute approximate surface area is 485 Å². The highest BCUT2D eigenvalue weighted by Gasteiger charge is 2.20. The van der Waals surface area contributed by atoms with Crippen LogP contribution in [0.5, 0.6) is 17.2 Å². The zero-order valence-electron chi connectivity index (χ0n) is 51.2. The Balaban J connectivity index is 3.00. The third kappa shape index (κ3) is 48.4. The average Bonchev–Trinajstić information content (AvgIpc) is 3.48. The van der Waals surface area contributed by atoms with Crippen molar-refractivity contribution in [2.45, 2.75) is 298 Å². The normalized spacial score (nSPS) is 10.4. The summed E-state index contributed by atoms with van der Waals surface area (Å²) in [6.07, 6.45) is 45.3. The lowest BCUT2D eigenvalue weighted by Crippen LogP contribution is -2.37. The van der Waals surface area contributed by atoms with Crippen molar-refractivity contribution in [1.82, 2.24) is 10.6 Å². The van der Waals surface area contributed by atoms with Crippen molar-refractivity contribution in [3.8, 4) is 88.3 Å². The van der Waals surface area contributed by atoms with E-state index in [9.17, 15) is 9.59 Å². The first-order valence-electron chi connectivity index (χ1n) is 31.9. The molecule has 0 fully saturated rings. The number of ether oxygens (including phenoxy) is 4. The van der Waals surface area contributed by atoms with Gasteiger partial charge >= 0.3 is 6.09 Å². The molecule has 2 amide bonds. The van der Waals surface area contributed by atoms with Crippen molar-refractivity contribution in [1.29, 1.82) is 0 Å². The summed E-state index contributed by atoms with van der Waals surface area (Å²) in [5.74, 6) is 38.2. The molecule has 1 rings (SSSR count). The van der Waals surface area contributed by atoms with Gasteiger partial charge in [-0.1, -0.05) is 230 Å². The van der Waals surface area contributed by atoms with Gasteiger partial charge in [0.2, 0.25) is 5.75 Å². The lowest BCUT2D eigenvalue weighted by molar-refractivity contribution is 0.0526. The Morgan fingerprint density at radius 2 is 0.658 bits per heavy atom. The molecule has 8 nitrogen and oxygen atoms in total. The van der Waals surface area contributed by atoms with Gasteiger partial charge in [0, 0.05) is 57.2 Å². The fraction of sp³-hybridized carbons (Fsp3) is 0.718. The lowest BCUT2D eigenvalue weighted by Gasteiger charge is -2.20. The molecule has 0 atom stereocenters. The Morgan fingerprint density at radius 1 is 0.380 bits per heavy atom. The van der Waals surface area contributed by atoms with E-state index in [1.54, 1.807) is 32.9 Å². The summed E-state index contributed by atoms with van der Waals surface area (Å²) in [7, 11) is 0. The first-order valence-corrected chi connectivity index (χ1v) is 31.9. The van der Waals surface area contributed by atoms with Crippen molar-refractivity contribution in [2.24, 2.45) is 0 Å². The van der Waals surface area contributed by atoms with E-state index < -0.39 is 11.7 Å². The standard InChI is InChI=1S/C71H110N2O6/c1-7-10-13-16-19-22-25-28-31-34-37-40-43-46-49-52-55-60-76-66-63-65(69(74)72-58-59-73-70(75)79-71(4,5)6)64-67(77-61-56-53-50-47-44-41-38-35-32-29-26-23-20-17-14-11-8-2)68(66)78-62-57-54-51-48-45-42-39-36-33-30-27-24-21-18-15-12-9-3/h63-64H,7-39,52-62H2,1-6H3,(H,72,74)(H,73,75). The van der Waals surface area contributed by atoms with Crippen LogP contribution >= 0.6 is 0 Å². The Morgan fingerprint density at radius 3 is 0.975 bits per heavy atom. The van der Waals surface area contributed by atoms with E-state index in [0.29, 0.717) is 81.2 Å². The maximum atomic E-state index is 13.7. The van der Waals surface area contributed by atoms with E-state index in [2.05, 4.69) is 102 Å². The van der Waals surface area contributed by atoms with Crippen molar-refractivity contribution in [2.75, 3.05) is 32.9 Å². The minimum atomic E-state index is -0.628. The number of hydrogen-bond donors (Lipinski definition) is 2. The smallest absolute Gasteiger partial charge is 0.407 e. The molecule has 0 unspecified atom stereocenters. The van der Waals surface area contributed by atoms with Gasteiger partial charge in [-0.25, -0.2) is 4.79 Å². The Bertz CT molecular complexity index is 2000. The number of nitrogens with one attached hydrogen (secondary N) is 2. The van der Waals surface area contributed by atoms with Crippen LogP contribution < -0.4 is 24.8 Å². The second kappa shape index (κ2) is 54.7. The minimum Gasteiger partial charge on any atom is -0.489 e. The van der Waals surface area contributed by atoms with Crippen molar-refractivity contribution >= 4 is 12.0 Å². The number of amides is 2. The lowest BCUT2D eigenvalue weighted by atomic mass is 10.1. The quantitative estimate of drug-likeness (QED) is 0.0499. The molecular weight excluding hydrogens is 977 g/mol. The van der Waals surface area contributed by atoms with Gasteiger partial charge in [0.25, 0.3) is 5.91 Å². The number of rotatable bonds is 46. The van der Waals surface area contributed by atoms with Gasteiger partial charge in [0.15, 0.2) is 11.5 Å². The molecule has 0 saturated carbocycles. The predicted molar refractivity (Wildman–Crippen MR) is 333 cm³/mol. The molecule has 0 saturated heterocycles. The highest BCUT2D eigenvalue weighted by molar-refractivity contribution is 5.95. The van der Waals surface area contributed by atoms with Gasteiger partial charge < -0.3 is 29.6 Å². The summed E-state index contributed by atoms with van der Waals surface area (Å²) in [5, 5.41) is 5.60. The van der Waals surface area contributed by atoms with Crippen molar-refractivity contribution in [3.05, 3.63) is 17.7 Å². The number of alkyl carbamates (subject to hydrolysis) is 1. The molecular formula is C71H110N2O6. The van der Waals surface area contributed by atoms with Crippen LogP contribution in [0.25, 0.3) is 0 Å². The van der Waals surface area contributed by atoms with Crippen LogP contribution in [0.2, 0.25) is 0 Å². The molecule has 0 radical (unpaired) electrons. The van der Waals surface area contributed by atoms with Crippen LogP contribution in [0.4, 0.5) is 4.79 Å². The third-order valence-corrected chi connectivity index (χ3v) is 13.1. The van der Waals surface area contributed by atoms with Gasteiger partial charge in [-0.05, 0) is 107 Å². The molecule has 440 valence electrons. The average molecular weight is 1090 g/mol. The van der Waals surface area contributed by atoms with Crippen LogP contribution in [0.1, 0.15) is 302 Å². The summed E-state index contributed by atoms with van der Waals surface area (Å²) >= 11 is 0. The fourth-order valence-electron chi connectivity index (χ4n) is 8.58. The van der Waals surface area contributed by atoms with E-state index in [1.165, 1.54) is 173 Å². The summed E-state index contributed by atoms with van der Waals surface area (Å²) < 4.78 is 24.5. The molecule has 1 aromatic carbocycles. The monoisotopic (exact) mass is 1090 g/mol. The number of hydrogen-bond acceptors (Lipinski definition) is 6. The molecule has 0 aliphatic carbocycles. The number of carbonyl (C=O) groups is 2. The highest BCUT2D eigenvalue weighted by atomic mass is 16.6. The van der Waals surface area contributed by atoms with E-state index in [1.807, 2.05) is 0 Å². The van der Waals surface area contributed by atoms with Crippen LogP contribution in [0.3, 0.4) is 0 Å². The maximum absolute atomic E-state index is 13.7. The van der Waals surface area contributed by atoms with Crippen LogP contribution in [0.15, 0.2) is 12.1 Å². The molecule has 0 heterocycles. The molecule has 8 heteroatoms. The number of unbranched alkanes of at least 4 members (excludes halogenated alkanes) is 33. The number of benzene rings is 1. The van der Waals surface area contributed by atoms with Gasteiger partial charge in [-0.15, -0.1) is 0 Å². The van der Waals surface area contributed by atoms with E-state index in [-0.39, 0.29) is 19.0 Å². The Hall–Kier alpha value is -5.28.